The summed E-state index contributed by atoms with van der Waals surface area (Å²) < 4.78 is 0. The van der Waals surface area contributed by atoms with Gasteiger partial charge in [0.2, 0.25) is 0 Å². The average Bonchev–Trinajstić information content (AvgIpc) is 2.90. The number of nitrogens with one attached hydrogen (secondary N) is 1. The molecule has 1 heterocycles. The Morgan fingerprint density at radius 1 is 1.00 bits per heavy atom. The third kappa shape index (κ3) is 5.39. The molecule has 0 spiro atoms. The van der Waals surface area contributed by atoms with Gasteiger partial charge in [0.15, 0.2) is 0 Å². The van der Waals surface area contributed by atoms with E-state index in [-0.39, 0.29) is 0 Å². The van der Waals surface area contributed by atoms with Gasteiger partial charge in [-0.1, -0.05) is 44.2 Å². The first-order valence-corrected chi connectivity index (χ1v) is 8.11. The van der Waals surface area contributed by atoms with Crippen molar-refractivity contribution >= 4 is 11.3 Å². The molecule has 0 aliphatic rings. The van der Waals surface area contributed by atoms with E-state index in [0.29, 0.717) is 5.92 Å². The molecule has 0 saturated carbocycles. The van der Waals surface area contributed by atoms with E-state index in [2.05, 4.69) is 59.7 Å². The molecule has 0 unspecified atom stereocenters. The summed E-state index contributed by atoms with van der Waals surface area (Å²) >= 11 is 1.75. The first-order chi connectivity index (χ1) is 9.74. The van der Waals surface area contributed by atoms with Crippen LogP contribution in [0.5, 0.6) is 0 Å². The Morgan fingerprint density at radius 3 is 2.40 bits per heavy atom. The Labute approximate surface area is 125 Å². The minimum atomic E-state index is 0.700. The van der Waals surface area contributed by atoms with Gasteiger partial charge in [-0.3, -0.25) is 0 Å². The van der Waals surface area contributed by atoms with E-state index >= 15 is 0 Å². The van der Waals surface area contributed by atoms with Gasteiger partial charge in [-0.2, -0.15) is 0 Å². The summed E-state index contributed by atoms with van der Waals surface area (Å²) in [5, 5.41) is 14.3. The van der Waals surface area contributed by atoms with Crippen molar-refractivity contribution < 1.29 is 0 Å². The maximum absolute atomic E-state index is 4.29. The van der Waals surface area contributed by atoms with Crippen LogP contribution in [0.3, 0.4) is 0 Å². The Bertz CT molecular complexity index is 493. The Hall–Kier alpha value is -1.26. The van der Waals surface area contributed by atoms with Gasteiger partial charge in [0, 0.05) is 19.4 Å². The minimum absolute atomic E-state index is 0.700. The molecular formula is C16H23N3S. The molecule has 0 aliphatic carbocycles. The molecule has 0 aliphatic heterocycles. The average molecular weight is 289 g/mol. The Balaban J connectivity index is 1.72. The van der Waals surface area contributed by atoms with Gasteiger partial charge in [-0.25, -0.2) is 0 Å². The molecule has 2 rings (SSSR count). The fourth-order valence-corrected chi connectivity index (χ4v) is 2.82. The summed E-state index contributed by atoms with van der Waals surface area (Å²) in [4.78, 5) is 0. The molecule has 0 amide bonds. The number of aromatic nitrogens is 2. The van der Waals surface area contributed by atoms with Crippen LogP contribution in [0, 0.1) is 5.92 Å². The van der Waals surface area contributed by atoms with Crippen LogP contribution in [0.25, 0.3) is 0 Å². The predicted molar refractivity (Wildman–Crippen MR) is 85.2 cm³/mol. The highest BCUT2D eigenvalue weighted by Gasteiger charge is 2.04. The van der Waals surface area contributed by atoms with Gasteiger partial charge in [0.25, 0.3) is 0 Å². The third-order valence-corrected chi connectivity index (χ3v) is 4.09. The van der Waals surface area contributed by atoms with Crippen molar-refractivity contribution in [3.8, 4) is 0 Å². The highest BCUT2D eigenvalue weighted by molar-refractivity contribution is 7.11. The molecule has 1 aromatic carbocycles. The highest BCUT2D eigenvalue weighted by Crippen LogP contribution is 2.13. The summed E-state index contributed by atoms with van der Waals surface area (Å²) in [5.74, 6) is 0.700. The number of nitrogens with zero attached hydrogens (tertiary/aromatic N) is 2. The zero-order chi connectivity index (χ0) is 14.2. The van der Waals surface area contributed by atoms with Crippen molar-refractivity contribution in [1.82, 2.24) is 15.5 Å². The predicted octanol–water partition coefficient (Wildman–Crippen LogP) is 3.11. The van der Waals surface area contributed by atoms with E-state index in [0.717, 1.165) is 42.4 Å². The van der Waals surface area contributed by atoms with Gasteiger partial charge >= 0.3 is 0 Å². The summed E-state index contributed by atoms with van der Waals surface area (Å²) in [6.07, 6.45) is 3.01. The molecular weight excluding hydrogens is 266 g/mol. The number of hydrogen-bond acceptors (Lipinski definition) is 4. The van der Waals surface area contributed by atoms with Crippen molar-refractivity contribution in [2.75, 3.05) is 13.1 Å². The van der Waals surface area contributed by atoms with Gasteiger partial charge in [0.1, 0.15) is 10.0 Å². The maximum Gasteiger partial charge on any atom is 0.118 e. The van der Waals surface area contributed by atoms with Crippen molar-refractivity contribution in [3.05, 3.63) is 45.9 Å². The fourth-order valence-electron chi connectivity index (χ4n) is 1.97. The van der Waals surface area contributed by atoms with Gasteiger partial charge < -0.3 is 5.32 Å². The van der Waals surface area contributed by atoms with E-state index in [1.165, 1.54) is 5.56 Å². The molecule has 0 fully saturated rings. The van der Waals surface area contributed by atoms with Crippen LogP contribution in [-0.2, 0) is 19.3 Å². The van der Waals surface area contributed by atoms with E-state index in [1.807, 2.05) is 0 Å². The van der Waals surface area contributed by atoms with Gasteiger partial charge in [-0.15, -0.1) is 21.5 Å². The van der Waals surface area contributed by atoms with E-state index in [1.54, 1.807) is 11.3 Å². The van der Waals surface area contributed by atoms with Crippen LogP contribution in [0.15, 0.2) is 30.3 Å². The molecule has 108 valence electrons. The number of hydrogen-bond donors (Lipinski definition) is 1. The standard InChI is InChI=1S/C16H23N3S/c1-13(2)12-17-11-10-16-19-18-15(20-16)9-8-14-6-4-3-5-7-14/h3-7,13,17H,8-12H2,1-2H3. The molecule has 0 saturated heterocycles. The van der Waals surface area contributed by atoms with Crippen molar-refractivity contribution in [1.29, 1.82) is 0 Å². The number of rotatable bonds is 8. The largest absolute Gasteiger partial charge is 0.316 e. The lowest BCUT2D eigenvalue weighted by Crippen LogP contribution is -2.22. The molecule has 0 atom stereocenters. The van der Waals surface area contributed by atoms with Crippen LogP contribution >= 0.6 is 11.3 Å². The first kappa shape index (κ1) is 15.1. The van der Waals surface area contributed by atoms with E-state index in [9.17, 15) is 0 Å². The zero-order valence-corrected chi connectivity index (χ0v) is 13.1. The molecule has 1 aromatic heterocycles. The van der Waals surface area contributed by atoms with E-state index < -0.39 is 0 Å². The SMILES string of the molecule is CC(C)CNCCc1nnc(CCc2ccccc2)s1. The lowest BCUT2D eigenvalue weighted by atomic mass is 10.1. The Morgan fingerprint density at radius 2 is 1.70 bits per heavy atom. The normalized spacial score (nSPS) is 11.2. The molecule has 20 heavy (non-hydrogen) atoms. The molecule has 0 bridgehead atoms. The smallest absolute Gasteiger partial charge is 0.118 e. The van der Waals surface area contributed by atoms with Crippen LogP contribution < -0.4 is 5.32 Å². The Kier molecular flexibility index (Phi) is 6.15. The van der Waals surface area contributed by atoms with E-state index in [4.69, 9.17) is 0 Å². The lowest BCUT2D eigenvalue weighted by molar-refractivity contribution is 0.553. The second kappa shape index (κ2) is 8.12. The minimum Gasteiger partial charge on any atom is -0.316 e. The van der Waals surface area contributed by atoms with Crippen molar-refractivity contribution in [2.24, 2.45) is 5.92 Å². The maximum atomic E-state index is 4.29. The van der Waals surface area contributed by atoms with Crippen LogP contribution in [0.4, 0.5) is 0 Å². The molecule has 0 radical (unpaired) electrons. The van der Waals surface area contributed by atoms with Crippen LogP contribution in [-0.4, -0.2) is 23.3 Å². The number of aryl methyl sites for hydroxylation is 2. The number of benzene rings is 1. The monoisotopic (exact) mass is 289 g/mol. The summed E-state index contributed by atoms with van der Waals surface area (Å²) in [6, 6.07) is 10.6. The van der Waals surface area contributed by atoms with Crippen molar-refractivity contribution in [3.63, 3.8) is 0 Å². The summed E-state index contributed by atoms with van der Waals surface area (Å²) in [5.41, 5.74) is 1.36. The second-order valence-electron chi connectivity index (χ2n) is 5.42. The molecule has 1 N–H and O–H groups in total. The topological polar surface area (TPSA) is 37.8 Å². The molecule has 2 aromatic rings. The van der Waals surface area contributed by atoms with Gasteiger partial charge in [-0.05, 0) is 24.4 Å². The summed E-state index contributed by atoms with van der Waals surface area (Å²) in [7, 11) is 0. The van der Waals surface area contributed by atoms with Gasteiger partial charge in [0.05, 0.1) is 0 Å². The highest BCUT2D eigenvalue weighted by atomic mass is 32.1. The summed E-state index contributed by atoms with van der Waals surface area (Å²) in [6.45, 7) is 6.50. The fraction of sp³-hybridized carbons (Fsp3) is 0.500. The molecule has 4 heteroatoms. The van der Waals surface area contributed by atoms with Crippen molar-refractivity contribution in [2.45, 2.75) is 33.1 Å². The lowest BCUT2D eigenvalue weighted by Gasteiger charge is -2.05. The molecule has 3 nitrogen and oxygen atoms in total. The second-order valence-corrected chi connectivity index (χ2v) is 6.57. The third-order valence-electron chi connectivity index (χ3n) is 3.05. The first-order valence-electron chi connectivity index (χ1n) is 7.30. The van der Waals surface area contributed by atoms with Crippen LogP contribution in [0.2, 0.25) is 0 Å². The zero-order valence-electron chi connectivity index (χ0n) is 12.3. The quantitative estimate of drug-likeness (QED) is 0.759. The van der Waals surface area contributed by atoms with Crippen LogP contribution in [0.1, 0.15) is 29.4 Å².